The van der Waals surface area contributed by atoms with Crippen molar-refractivity contribution in [3.8, 4) is 11.4 Å². The first-order valence-corrected chi connectivity index (χ1v) is 20.5. The highest BCUT2D eigenvalue weighted by atomic mass is 79.9. The Bertz CT molecular complexity index is 1130. The molecule has 232 valence electrons. The monoisotopic (exact) mass is 673 g/mol. The molecule has 0 bridgehead atoms. The summed E-state index contributed by atoms with van der Waals surface area (Å²) in [5.74, 6) is -0.0470. The average molecular weight is 675 g/mol. The molecule has 2 atom stereocenters. The highest BCUT2D eigenvalue weighted by Gasteiger charge is 2.34. The molecule has 0 radical (unpaired) electrons. The molecule has 0 spiro atoms. The molecule has 7 nitrogen and oxygen atoms in total. The van der Waals surface area contributed by atoms with Crippen molar-refractivity contribution in [1.29, 1.82) is 0 Å². The number of aromatic nitrogens is 2. The molecule has 1 aromatic heterocycles. The van der Waals surface area contributed by atoms with E-state index in [1.165, 1.54) is 12.1 Å². The average Bonchev–Trinajstić information content (AvgIpc) is 3.49. The van der Waals surface area contributed by atoms with Crippen LogP contribution in [0.1, 0.15) is 78.0 Å². The third-order valence-corrected chi connectivity index (χ3v) is 11.2. The van der Waals surface area contributed by atoms with Gasteiger partial charge in [-0.3, -0.25) is 0 Å². The zero-order chi connectivity index (χ0) is 30.3. The molecular formula is C30H49BrFN3O4SSi. The normalized spacial score (nSPS) is 17.2. The summed E-state index contributed by atoms with van der Waals surface area (Å²) in [6.45, 7) is 17.3. The zero-order valence-corrected chi connectivity index (χ0v) is 29.3. The fourth-order valence-corrected chi connectivity index (χ4v) is 7.01. The fraction of sp³-hybridized carbons (Fsp3) is 0.700. The number of benzene rings is 1. The second-order valence-electron chi connectivity index (χ2n) is 13.0. The number of ether oxygens (including phenoxy) is 3. The van der Waals surface area contributed by atoms with E-state index < -0.39 is 29.6 Å². The van der Waals surface area contributed by atoms with Crippen molar-refractivity contribution in [2.24, 2.45) is 0 Å². The zero-order valence-electron chi connectivity index (χ0n) is 25.9. The number of hydrogen-bond donors (Lipinski definition) is 1. The largest absolute Gasteiger partial charge is 0.361 e. The van der Waals surface area contributed by atoms with E-state index in [0.29, 0.717) is 37.0 Å². The summed E-state index contributed by atoms with van der Waals surface area (Å²) in [4.78, 5) is 4.86. The maximum absolute atomic E-state index is 13.8. The van der Waals surface area contributed by atoms with Gasteiger partial charge in [0.25, 0.3) is 0 Å². The lowest BCUT2D eigenvalue weighted by Gasteiger charge is -2.27. The van der Waals surface area contributed by atoms with Gasteiger partial charge in [-0.25, -0.2) is 18.3 Å². The van der Waals surface area contributed by atoms with Gasteiger partial charge < -0.3 is 18.8 Å². The van der Waals surface area contributed by atoms with Gasteiger partial charge in [-0.15, -0.1) is 0 Å². The van der Waals surface area contributed by atoms with Gasteiger partial charge in [-0.2, -0.15) is 0 Å². The molecule has 0 saturated carbocycles. The van der Waals surface area contributed by atoms with Crippen molar-refractivity contribution in [2.45, 2.75) is 115 Å². The Kier molecular flexibility index (Phi) is 12.8. The summed E-state index contributed by atoms with van der Waals surface area (Å²) in [6.07, 6.45) is 5.40. The SMILES string of the molecule is CCC1(CCCCC[C@H](N[S@](=O)C(C)(C)C)c2c(Br)nc(-c3ccc(F)cc3)n2COCC[Si](C)(C)C)OCCO1. The van der Waals surface area contributed by atoms with E-state index in [1.54, 1.807) is 12.1 Å². The summed E-state index contributed by atoms with van der Waals surface area (Å²) in [6, 6.07) is 7.17. The number of nitrogens with zero attached hydrogens (tertiary/aromatic N) is 2. The lowest BCUT2D eigenvalue weighted by Crippen LogP contribution is -2.36. The standard InChI is InChI=1S/C30H49BrFN3O4SSi/c1-8-30(38-18-19-39-30)17-11-9-10-12-25(34-40(36)29(2,3)4)26-27(31)33-28(23-13-15-24(32)16-14-23)35(26)22-37-20-21-41(5,6)7/h13-16,25,34H,8-12,17-22H2,1-7H3/t25-,40+/m0/s1. The highest BCUT2D eigenvalue weighted by Crippen LogP contribution is 2.35. The van der Waals surface area contributed by atoms with Crippen LogP contribution in [0.5, 0.6) is 0 Å². The number of hydrogen-bond acceptors (Lipinski definition) is 5. The topological polar surface area (TPSA) is 74.6 Å². The molecule has 3 rings (SSSR count). The van der Waals surface area contributed by atoms with Crippen LogP contribution in [-0.2, 0) is 31.9 Å². The first-order chi connectivity index (χ1) is 19.2. The molecule has 41 heavy (non-hydrogen) atoms. The van der Waals surface area contributed by atoms with Gasteiger partial charge in [0.2, 0.25) is 0 Å². The predicted octanol–water partition coefficient (Wildman–Crippen LogP) is 7.96. The van der Waals surface area contributed by atoms with Gasteiger partial charge in [0, 0.05) is 26.7 Å². The number of rotatable bonds is 16. The second kappa shape index (κ2) is 15.2. The Morgan fingerprint density at radius 1 is 1.17 bits per heavy atom. The third kappa shape index (κ3) is 10.3. The Balaban J connectivity index is 1.86. The minimum absolute atomic E-state index is 0.231. The number of nitrogens with one attached hydrogen (secondary N) is 1. The maximum Gasteiger partial charge on any atom is 0.168 e. The Morgan fingerprint density at radius 3 is 2.41 bits per heavy atom. The first kappa shape index (κ1) is 34.5. The smallest absolute Gasteiger partial charge is 0.168 e. The molecule has 1 aliphatic heterocycles. The number of halogens is 2. The van der Waals surface area contributed by atoms with Crippen molar-refractivity contribution in [2.75, 3.05) is 19.8 Å². The van der Waals surface area contributed by atoms with Crippen LogP contribution >= 0.6 is 15.9 Å². The summed E-state index contributed by atoms with van der Waals surface area (Å²) < 4.78 is 50.8. The molecule has 1 fully saturated rings. The molecule has 0 unspecified atom stereocenters. The van der Waals surface area contributed by atoms with Gasteiger partial charge in [0.05, 0.1) is 40.7 Å². The van der Waals surface area contributed by atoms with E-state index in [0.717, 1.165) is 55.8 Å². The first-order valence-electron chi connectivity index (χ1n) is 14.8. The lowest BCUT2D eigenvalue weighted by atomic mass is 10.0. The summed E-state index contributed by atoms with van der Waals surface area (Å²) >= 11 is 3.72. The lowest BCUT2D eigenvalue weighted by molar-refractivity contribution is -0.164. The van der Waals surface area contributed by atoms with Crippen LogP contribution in [0.4, 0.5) is 4.39 Å². The Hall–Kier alpha value is -0.953. The summed E-state index contributed by atoms with van der Waals surface area (Å²) in [5, 5.41) is 0. The van der Waals surface area contributed by atoms with Gasteiger partial charge >= 0.3 is 0 Å². The molecular weight excluding hydrogens is 625 g/mol. The molecule has 2 heterocycles. The van der Waals surface area contributed by atoms with Gasteiger partial charge in [0.15, 0.2) is 5.79 Å². The fourth-order valence-electron chi connectivity index (χ4n) is 4.75. The summed E-state index contributed by atoms with van der Waals surface area (Å²) in [5.41, 5.74) is 1.69. The van der Waals surface area contributed by atoms with Crippen LogP contribution in [0.2, 0.25) is 25.7 Å². The van der Waals surface area contributed by atoms with Crippen molar-refractivity contribution >= 4 is 35.0 Å². The number of unbranched alkanes of at least 4 members (excludes halogenated alkanes) is 2. The van der Waals surface area contributed by atoms with Crippen LogP contribution in [-0.4, -0.2) is 52.2 Å². The van der Waals surface area contributed by atoms with Crippen molar-refractivity contribution < 1.29 is 22.8 Å². The van der Waals surface area contributed by atoms with Crippen molar-refractivity contribution in [1.82, 2.24) is 14.3 Å². The van der Waals surface area contributed by atoms with Crippen molar-refractivity contribution in [3.63, 3.8) is 0 Å². The van der Waals surface area contributed by atoms with Crippen LogP contribution < -0.4 is 4.72 Å². The maximum atomic E-state index is 13.8. The molecule has 1 aromatic carbocycles. The van der Waals surface area contributed by atoms with E-state index in [9.17, 15) is 8.60 Å². The minimum Gasteiger partial charge on any atom is -0.361 e. The van der Waals surface area contributed by atoms with Crippen LogP contribution in [0.3, 0.4) is 0 Å². The van der Waals surface area contributed by atoms with Crippen LogP contribution in [0.15, 0.2) is 28.9 Å². The van der Waals surface area contributed by atoms with Crippen LogP contribution in [0, 0.1) is 5.82 Å². The van der Waals surface area contributed by atoms with Gasteiger partial charge in [0.1, 0.15) is 23.0 Å². The van der Waals surface area contributed by atoms with E-state index in [2.05, 4.69) is 47.2 Å². The second-order valence-corrected chi connectivity index (χ2v) is 21.4. The third-order valence-electron chi connectivity index (χ3n) is 7.32. The van der Waals surface area contributed by atoms with Crippen LogP contribution in [0.25, 0.3) is 11.4 Å². The quantitative estimate of drug-likeness (QED) is 0.145. The van der Waals surface area contributed by atoms with Gasteiger partial charge in [-0.05, 0) is 86.3 Å². The minimum atomic E-state index is -1.30. The van der Waals surface area contributed by atoms with E-state index in [-0.39, 0.29) is 11.9 Å². The Morgan fingerprint density at radius 2 is 1.83 bits per heavy atom. The molecule has 11 heteroatoms. The van der Waals surface area contributed by atoms with E-state index in [1.807, 2.05) is 25.3 Å². The molecule has 1 aliphatic rings. The molecule has 1 saturated heterocycles. The molecule has 1 N–H and O–H groups in total. The number of imidazole rings is 1. The predicted molar refractivity (Wildman–Crippen MR) is 171 cm³/mol. The molecule has 0 amide bonds. The highest BCUT2D eigenvalue weighted by molar-refractivity contribution is 9.10. The molecule has 2 aromatic rings. The Labute approximate surface area is 258 Å². The van der Waals surface area contributed by atoms with Gasteiger partial charge in [-0.1, -0.05) is 39.4 Å². The van der Waals surface area contributed by atoms with E-state index >= 15 is 0 Å². The molecule has 0 aliphatic carbocycles. The van der Waals surface area contributed by atoms with E-state index in [4.69, 9.17) is 19.2 Å². The summed E-state index contributed by atoms with van der Waals surface area (Å²) in [7, 11) is -2.56. The van der Waals surface area contributed by atoms with Crippen molar-refractivity contribution in [3.05, 3.63) is 40.4 Å².